The van der Waals surface area contributed by atoms with Crippen molar-refractivity contribution >= 4 is 27.6 Å². The summed E-state index contributed by atoms with van der Waals surface area (Å²) in [7, 11) is -3.66. The van der Waals surface area contributed by atoms with Gasteiger partial charge in [0.15, 0.2) is 6.61 Å². The lowest BCUT2D eigenvalue weighted by Gasteiger charge is -2.26. The average molecular weight is 497 g/mol. The first kappa shape index (κ1) is 25.6. The molecule has 34 heavy (non-hydrogen) atoms. The summed E-state index contributed by atoms with van der Waals surface area (Å²) >= 11 is 0. The van der Waals surface area contributed by atoms with Gasteiger partial charge in [0.2, 0.25) is 10.0 Å². The molecular formula is C23H26F2N2O6S. The maximum absolute atomic E-state index is 12.9. The summed E-state index contributed by atoms with van der Waals surface area (Å²) in [5, 5.41) is 2.58. The summed E-state index contributed by atoms with van der Waals surface area (Å²) < 4.78 is 60.8. The predicted molar refractivity (Wildman–Crippen MR) is 120 cm³/mol. The van der Waals surface area contributed by atoms with Crippen LogP contribution in [0, 0.1) is 6.92 Å². The van der Waals surface area contributed by atoms with Crippen molar-refractivity contribution in [2.24, 2.45) is 0 Å². The number of carbonyl (C=O) groups excluding carboxylic acids is 2. The number of piperidine rings is 1. The van der Waals surface area contributed by atoms with E-state index in [0.29, 0.717) is 29.9 Å². The van der Waals surface area contributed by atoms with Crippen molar-refractivity contribution < 1.29 is 36.3 Å². The van der Waals surface area contributed by atoms with Crippen molar-refractivity contribution in [3.05, 3.63) is 53.6 Å². The number of hydrogen-bond donors (Lipinski definition) is 1. The van der Waals surface area contributed by atoms with E-state index in [1.807, 2.05) is 0 Å². The van der Waals surface area contributed by atoms with E-state index in [-0.39, 0.29) is 17.1 Å². The minimum absolute atomic E-state index is 0.0357. The van der Waals surface area contributed by atoms with E-state index in [2.05, 4.69) is 10.1 Å². The second-order valence-corrected chi connectivity index (χ2v) is 9.79. The molecule has 0 radical (unpaired) electrons. The number of aryl methyl sites for hydroxylation is 1. The normalized spacial score (nSPS) is 14.6. The molecule has 2 aromatic rings. The lowest BCUT2D eigenvalue weighted by Crippen LogP contribution is -2.35. The summed E-state index contributed by atoms with van der Waals surface area (Å²) in [5.41, 5.74) is 1.47. The number of sulfonamides is 1. The third kappa shape index (κ3) is 6.97. The summed E-state index contributed by atoms with van der Waals surface area (Å²) in [5.74, 6) is -1.34. The number of benzene rings is 2. The molecule has 0 aliphatic carbocycles. The molecule has 8 nitrogen and oxygen atoms in total. The molecule has 0 bridgehead atoms. The molecule has 1 fully saturated rings. The molecule has 0 aromatic heterocycles. The predicted octanol–water partition coefficient (Wildman–Crippen LogP) is 3.50. The fourth-order valence-electron chi connectivity index (χ4n) is 3.49. The highest BCUT2D eigenvalue weighted by molar-refractivity contribution is 7.89. The lowest BCUT2D eigenvalue weighted by atomic mass is 10.1. The number of anilines is 1. The Labute approximate surface area is 196 Å². The fraction of sp³-hybridized carbons (Fsp3) is 0.391. The van der Waals surface area contributed by atoms with Crippen LogP contribution in [0.4, 0.5) is 14.5 Å². The Balaban J connectivity index is 1.55. The molecule has 3 rings (SSSR count). The number of ether oxygens (including phenoxy) is 2. The van der Waals surface area contributed by atoms with Crippen LogP contribution >= 0.6 is 0 Å². The topological polar surface area (TPSA) is 102 Å². The van der Waals surface area contributed by atoms with Crippen molar-refractivity contribution in [1.82, 2.24) is 4.31 Å². The minimum Gasteiger partial charge on any atom is -0.455 e. The maximum atomic E-state index is 12.9. The summed E-state index contributed by atoms with van der Waals surface area (Å²) in [6.45, 7) is -0.844. The molecule has 1 heterocycles. The zero-order chi connectivity index (χ0) is 24.7. The number of nitrogens with zero attached hydrogens (tertiary/aromatic N) is 1. The molecule has 1 aliphatic rings. The van der Waals surface area contributed by atoms with Gasteiger partial charge in [0.25, 0.3) is 5.91 Å². The molecule has 0 spiro atoms. The zero-order valence-corrected chi connectivity index (χ0v) is 19.4. The van der Waals surface area contributed by atoms with Crippen LogP contribution in [0.25, 0.3) is 0 Å². The van der Waals surface area contributed by atoms with E-state index in [1.165, 1.54) is 40.7 Å². The highest BCUT2D eigenvalue weighted by atomic mass is 32.2. The molecule has 184 valence electrons. The van der Waals surface area contributed by atoms with Gasteiger partial charge in [-0.1, -0.05) is 24.6 Å². The summed E-state index contributed by atoms with van der Waals surface area (Å²) in [6, 6.07) is 10.0. The van der Waals surface area contributed by atoms with Crippen LogP contribution in [-0.2, 0) is 30.8 Å². The van der Waals surface area contributed by atoms with Gasteiger partial charge in [-0.3, -0.25) is 9.59 Å². The largest absolute Gasteiger partial charge is 0.455 e. The Morgan fingerprint density at radius 2 is 1.74 bits per heavy atom. The van der Waals surface area contributed by atoms with Crippen LogP contribution < -0.4 is 10.1 Å². The standard InChI is InChI=1S/C23H26F2N2O6S/c1-16-5-10-19(34(30,31)27-11-3-2-4-12-27)14-20(16)26-21(28)15-32-22(29)13-17-6-8-18(9-7-17)33-23(24)25/h5-10,14,23H,2-4,11-13,15H2,1H3,(H,26,28). The number of hydrogen-bond acceptors (Lipinski definition) is 6. The van der Waals surface area contributed by atoms with Crippen molar-refractivity contribution in [3.63, 3.8) is 0 Å². The quantitative estimate of drug-likeness (QED) is 0.534. The molecular weight excluding hydrogens is 470 g/mol. The van der Waals surface area contributed by atoms with E-state index < -0.39 is 35.1 Å². The first-order valence-corrected chi connectivity index (χ1v) is 12.2. The van der Waals surface area contributed by atoms with Gasteiger partial charge in [-0.25, -0.2) is 8.42 Å². The average Bonchev–Trinajstić information content (AvgIpc) is 2.80. The van der Waals surface area contributed by atoms with Gasteiger partial charge in [0.1, 0.15) is 5.75 Å². The second kappa shape index (κ2) is 11.4. The van der Waals surface area contributed by atoms with Crippen LogP contribution in [-0.4, -0.2) is 50.9 Å². The molecule has 2 aromatic carbocycles. The first-order chi connectivity index (χ1) is 16.1. The third-order valence-electron chi connectivity index (χ3n) is 5.30. The van der Waals surface area contributed by atoms with E-state index in [9.17, 15) is 26.8 Å². The number of esters is 1. The Morgan fingerprint density at radius 3 is 2.38 bits per heavy atom. The Bertz CT molecular complexity index is 1120. The van der Waals surface area contributed by atoms with Gasteiger partial charge in [-0.15, -0.1) is 0 Å². The van der Waals surface area contributed by atoms with Gasteiger partial charge in [-0.05, 0) is 55.2 Å². The molecule has 0 unspecified atom stereocenters. The zero-order valence-electron chi connectivity index (χ0n) is 18.6. The van der Waals surface area contributed by atoms with E-state index in [0.717, 1.165) is 19.3 Å². The number of carbonyl (C=O) groups is 2. The van der Waals surface area contributed by atoms with Crippen LogP contribution in [0.2, 0.25) is 0 Å². The molecule has 11 heteroatoms. The van der Waals surface area contributed by atoms with E-state index >= 15 is 0 Å². The van der Waals surface area contributed by atoms with Gasteiger partial charge in [0.05, 0.1) is 11.3 Å². The highest BCUT2D eigenvalue weighted by Gasteiger charge is 2.26. The van der Waals surface area contributed by atoms with Crippen LogP contribution in [0.15, 0.2) is 47.4 Å². The van der Waals surface area contributed by atoms with Crippen LogP contribution in [0.5, 0.6) is 5.75 Å². The monoisotopic (exact) mass is 496 g/mol. The molecule has 1 saturated heterocycles. The molecule has 1 amide bonds. The molecule has 1 N–H and O–H groups in total. The molecule has 0 atom stereocenters. The number of nitrogens with one attached hydrogen (secondary N) is 1. The van der Waals surface area contributed by atoms with Crippen molar-refractivity contribution in [2.45, 2.75) is 44.1 Å². The van der Waals surface area contributed by atoms with Gasteiger partial charge in [0, 0.05) is 18.8 Å². The maximum Gasteiger partial charge on any atom is 0.387 e. The van der Waals surface area contributed by atoms with Crippen molar-refractivity contribution in [3.8, 4) is 5.75 Å². The Morgan fingerprint density at radius 1 is 1.06 bits per heavy atom. The van der Waals surface area contributed by atoms with E-state index in [4.69, 9.17) is 4.74 Å². The first-order valence-electron chi connectivity index (χ1n) is 10.7. The van der Waals surface area contributed by atoms with Gasteiger partial charge < -0.3 is 14.8 Å². The molecule has 0 saturated carbocycles. The Hall–Kier alpha value is -3.05. The number of rotatable bonds is 9. The lowest BCUT2D eigenvalue weighted by molar-refractivity contribution is -0.146. The summed E-state index contributed by atoms with van der Waals surface area (Å²) in [4.78, 5) is 24.4. The van der Waals surface area contributed by atoms with Crippen molar-refractivity contribution in [1.29, 1.82) is 0 Å². The second-order valence-electron chi connectivity index (χ2n) is 7.85. The van der Waals surface area contributed by atoms with Gasteiger partial charge >= 0.3 is 12.6 Å². The number of alkyl halides is 2. The van der Waals surface area contributed by atoms with Crippen LogP contribution in [0.1, 0.15) is 30.4 Å². The van der Waals surface area contributed by atoms with E-state index in [1.54, 1.807) is 13.0 Å². The third-order valence-corrected chi connectivity index (χ3v) is 7.19. The summed E-state index contributed by atoms with van der Waals surface area (Å²) in [6.07, 6.45) is 2.46. The SMILES string of the molecule is Cc1ccc(S(=O)(=O)N2CCCCC2)cc1NC(=O)COC(=O)Cc1ccc(OC(F)F)cc1. The Kier molecular flexibility index (Phi) is 8.56. The van der Waals surface area contributed by atoms with Crippen molar-refractivity contribution in [2.75, 3.05) is 25.0 Å². The number of halogens is 2. The number of amides is 1. The van der Waals surface area contributed by atoms with Crippen LogP contribution in [0.3, 0.4) is 0 Å². The fourth-order valence-corrected chi connectivity index (χ4v) is 5.03. The molecule has 1 aliphatic heterocycles. The minimum atomic E-state index is -3.66. The highest BCUT2D eigenvalue weighted by Crippen LogP contribution is 2.25. The smallest absolute Gasteiger partial charge is 0.387 e. The van der Waals surface area contributed by atoms with Gasteiger partial charge in [-0.2, -0.15) is 13.1 Å².